The summed E-state index contributed by atoms with van der Waals surface area (Å²) >= 11 is 1.58. The number of hydrogen-bond acceptors (Lipinski definition) is 4. The van der Waals surface area contributed by atoms with E-state index in [0.717, 1.165) is 47.5 Å². The van der Waals surface area contributed by atoms with Crippen molar-refractivity contribution in [3.8, 4) is 0 Å². The molecule has 2 aromatic carbocycles. The summed E-state index contributed by atoms with van der Waals surface area (Å²) < 4.78 is 1.10. The largest absolute Gasteiger partial charge is 0.342 e. The molecule has 0 unspecified atom stereocenters. The van der Waals surface area contributed by atoms with Crippen LogP contribution in [0.2, 0.25) is 0 Å². The van der Waals surface area contributed by atoms with Crippen LogP contribution in [0.3, 0.4) is 0 Å². The Kier molecular flexibility index (Phi) is 5.72. The van der Waals surface area contributed by atoms with E-state index in [1.165, 1.54) is 5.56 Å². The van der Waals surface area contributed by atoms with Crippen molar-refractivity contribution in [1.29, 1.82) is 0 Å². The molecule has 2 heterocycles. The smallest absolute Gasteiger partial charge is 0.232 e. The number of carbonyl (C=O) groups excluding carboxylic acids is 2. The zero-order valence-corrected chi connectivity index (χ0v) is 18.4. The molecule has 1 aliphatic heterocycles. The molecule has 2 amide bonds. The number of amides is 2. The Morgan fingerprint density at radius 1 is 0.935 bits per heavy atom. The zero-order valence-electron chi connectivity index (χ0n) is 17.6. The molecule has 1 saturated carbocycles. The van der Waals surface area contributed by atoms with Gasteiger partial charge in [0.2, 0.25) is 11.8 Å². The number of benzene rings is 2. The third-order valence-corrected chi connectivity index (χ3v) is 7.39. The summed E-state index contributed by atoms with van der Waals surface area (Å²) in [7, 11) is 0. The summed E-state index contributed by atoms with van der Waals surface area (Å²) in [6.07, 6.45) is 4.33. The molecule has 2 fully saturated rings. The number of anilines is 1. The number of piperidine rings is 1. The van der Waals surface area contributed by atoms with Gasteiger partial charge in [-0.15, -0.1) is 0 Å². The number of hydrogen-bond donors (Lipinski definition) is 0. The van der Waals surface area contributed by atoms with Gasteiger partial charge in [0, 0.05) is 31.5 Å². The van der Waals surface area contributed by atoms with Crippen molar-refractivity contribution in [2.45, 2.75) is 32.1 Å². The molecule has 31 heavy (non-hydrogen) atoms. The van der Waals surface area contributed by atoms with Gasteiger partial charge in [0.15, 0.2) is 5.13 Å². The van der Waals surface area contributed by atoms with Gasteiger partial charge in [-0.3, -0.25) is 14.5 Å². The van der Waals surface area contributed by atoms with Gasteiger partial charge in [-0.05, 0) is 49.8 Å². The summed E-state index contributed by atoms with van der Waals surface area (Å²) in [5, 5.41) is 0.776. The highest BCUT2D eigenvalue weighted by Gasteiger charge is 2.37. The molecule has 1 aromatic heterocycles. The Bertz CT molecular complexity index is 1040. The Labute approximate surface area is 186 Å². The monoisotopic (exact) mass is 433 g/mol. The molecule has 160 valence electrons. The summed E-state index contributed by atoms with van der Waals surface area (Å²) in [5.74, 6) is 0.634. The maximum Gasteiger partial charge on any atom is 0.232 e. The first kappa shape index (κ1) is 20.2. The van der Waals surface area contributed by atoms with Crippen molar-refractivity contribution in [1.82, 2.24) is 9.88 Å². The number of aromatic nitrogens is 1. The highest BCUT2D eigenvalue weighted by Crippen LogP contribution is 2.34. The van der Waals surface area contributed by atoms with Gasteiger partial charge in [0.25, 0.3) is 0 Å². The molecule has 0 bridgehead atoms. The second kappa shape index (κ2) is 8.79. The predicted octanol–water partition coefficient (Wildman–Crippen LogP) is 4.52. The molecule has 1 aliphatic carbocycles. The number of nitrogens with zero attached hydrogens (tertiary/aromatic N) is 3. The van der Waals surface area contributed by atoms with Crippen molar-refractivity contribution in [2.24, 2.45) is 11.8 Å². The average Bonchev–Trinajstić information content (AvgIpc) is 3.58. The fourth-order valence-corrected chi connectivity index (χ4v) is 5.31. The van der Waals surface area contributed by atoms with Crippen LogP contribution in [0.1, 0.15) is 31.2 Å². The first-order valence-corrected chi connectivity index (χ1v) is 12.0. The summed E-state index contributed by atoms with van der Waals surface area (Å²) in [6.45, 7) is 2.00. The van der Waals surface area contributed by atoms with E-state index in [9.17, 15) is 9.59 Å². The van der Waals surface area contributed by atoms with E-state index >= 15 is 0 Å². The molecule has 3 aromatic rings. The molecular weight excluding hydrogens is 406 g/mol. The van der Waals surface area contributed by atoms with Crippen LogP contribution in [0.25, 0.3) is 10.2 Å². The molecular formula is C25H27N3O2S. The van der Waals surface area contributed by atoms with E-state index in [2.05, 4.69) is 18.2 Å². The lowest BCUT2D eigenvalue weighted by atomic mass is 9.95. The topological polar surface area (TPSA) is 53.5 Å². The number of thiazole rings is 1. The standard InChI is InChI=1S/C25H27N3O2S/c29-23(19-10-11-19)27-15-13-20(14-16-27)24(30)28(17-12-18-6-2-1-3-7-18)25-26-21-8-4-5-9-22(21)31-25/h1-9,19-20H,10-17H2. The minimum Gasteiger partial charge on any atom is -0.342 e. The fraction of sp³-hybridized carbons (Fsp3) is 0.400. The third-order valence-electron chi connectivity index (χ3n) is 6.33. The van der Waals surface area contributed by atoms with Gasteiger partial charge < -0.3 is 4.90 Å². The minimum absolute atomic E-state index is 0.0500. The van der Waals surface area contributed by atoms with E-state index in [-0.39, 0.29) is 23.7 Å². The first-order chi connectivity index (χ1) is 15.2. The molecule has 0 spiro atoms. The second-order valence-electron chi connectivity index (χ2n) is 8.56. The Balaban J connectivity index is 1.33. The Morgan fingerprint density at radius 2 is 1.65 bits per heavy atom. The molecule has 6 heteroatoms. The van der Waals surface area contributed by atoms with Gasteiger partial charge in [0.05, 0.1) is 10.2 Å². The SMILES string of the molecule is O=C(C1CC1)N1CCC(C(=O)N(CCc2ccccc2)c2nc3ccccc3s2)CC1. The number of rotatable bonds is 6. The van der Waals surface area contributed by atoms with Crippen molar-refractivity contribution in [2.75, 3.05) is 24.5 Å². The fourth-order valence-electron chi connectivity index (χ4n) is 4.32. The maximum absolute atomic E-state index is 13.6. The van der Waals surface area contributed by atoms with Crippen LogP contribution in [0.5, 0.6) is 0 Å². The van der Waals surface area contributed by atoms with Gasteiger partial charge in [-0.1, -0.05) is 53.8 Å². The Hall–Kier alpha value is -2.73. The predicted molar refractivity (Wildman–Crippen MR) is 124 cm³/mol. The summed E-state index contributed by atoms with van der Waals surface area (Å²) in [5.41, 5.74) is 2.15. The number of carbonyl (C=O) groups is 2. The lowest BCUT2D eigenvalue weighted by Crippen LogP contribution is -2.45. The molecule has 0 radical (unpaired) electrons. The normalized spacial score (nSPS) is 17.1. The number of para-hydroxylation sites is 1. The quantitative estimate of drug-likeness (QED) is 0.574. The van der Waals surface area contributed by atoms with Crippen LogP contribution in [0.4, 0.5) is 5.13 Å². The summed E-state index contributed by atoms with van der Waals surface area (Å²) in [6, 6.07) is 18.3. The second-order valence-corrected chi connectivity index (χ2v) is 9.57. The number of fused-ring (bicyclic) bond motifs is 1. The van der Waals surface area contributed by atoms with Crippen molar-refractivity contribution in [3.05, 3.63) is 60.2 Å². The zero-order chi connectivity index (χ0) is 21.2. The first-order valence-electron chi connectivity index (χ1n) is 11.2. The molecule has 5 rings (SSSR count). The van der Waals surface area contributed by atoms with Gasteiger partial charge >= 0.3 is 0 Å². The highest BCUT2D eigenvalue weighted by atomic mass is 32.1. The van der Waals surface area contributed by atoms with Crippen molar-refractivity contribution < 1.29 is 9.59 Å². The molecule has 1 saturated heterocycles. The van der Waals surface area contributed by atoms with E-state index < -0.39 is 0 Å². The van der Waals surface area contributed by atoms with E-state index in [1.54, 1.807) is 11.3 Å². The molecule has 0 N–H and O–H groups in total. The lowest BCUT2D eigenvalue weighted by molar-refractivity contribution is -0.136. The van der Waals surface area contributed by atoms with Crippen LogP contribution in [0, 0.1) is 11.8 Å². The molecule has 5 nitrogen and oxygen atoms in total. The van der Waals surface area contributed by atoms with E-state index in [0.29, 0.717) is 19.6 Å². The maximum atomic E-state index is 13.6. The third kappa shape index (κ3) is 4.49. The van der Waals surface area contributed by atoms with Crippen molar-refractivity contribution >= 4 is 38.5 Å². The van der Waals surface area contributed by atoms with Crippen molar-refractivity contribution in [3.63, 3.8) is 0 Å². The van der Waals surface area contributed by atoms with Crippen LogP contribution >= 0.6 is 11.3 Å². The van der Waals surface area contributed by atoms with Gasteiger partial charge in [-0.25, -0.2) is 4.98 Å². The molecule has 0 atom stereocenters. The van der Waals surface area contributed by atoms with E-state index in [4.69, 9.17) is 4.98 Å². The van der Waals surface area contributed by atoms with Crippen LogP contribution in [-0.4, -0.2) is 41.3 Å². The lowest BCUT2D eigenvalue weighted by Gasteiger charge is -2.33. The van der Waals surface area contributed by atoms with Gasteiger partial charge in [-0.2, -0.15) is 0 Å². The average molecular weight is 434 g/mol. The Morgan fingerprint density at radius 3 is 2.35 bits per heavy atom. The highest BCUT2D eigenvalue weighted by molar-refractivity contribution is 7.22. The summed E-state index contributed by atoms with van der Waals surface area (Å²) in [4.78, 5) is 34.6. The minimum atomic E-state index is -0.0500. The number of likely N-dealkylation sites (tertiary alicyclic amines) is 1. The molecule has 2 aliphatic rings. The van der Waals surface area contributed by atoms with Crippen LogP contribution in [-0.2, 0) is 16.0 Å². The van der Waals surface area contributed by atoms with Crippen LogP contribution < -0.4 is 4.90 Å². The van der Waals surface area contributed by atoms with Gasteiger partial charge in [0.1, 0.15) is 0 Å². The van der Waals surface area contributed by atoms with Crippen LogP contribution in [0.15, 0.2) is 54.6 Å². The van der Waals surface area contributed by atoms with E-state index in [1.807, 2.05) is 46.2 Å².